The first-order valence-corrected chi connectivity index (χ1v) is 28.4. The second-order valence-electron chi connectivity index (χ2n) is 24.2. The molecule has 0 amide bonds. The molecule has 9 saturated carbocycles. The van der Waals surface area contributed by atoms with Crippen molar-refractivity contribution in [1.82, 2.24) is 4.90 Å². The van der Waals surface area contributed by atoms with Crippen molar-refractivity contribution in [1.29, 1.82) is 0 Å². The minimum absolute atomic E-state index is 0.521. The van der Waals surface area contributed by atoms with E-state index in [1.165, 1.54) is 128 Å². The van der Waals surface area contributed by atoms with Crippen LogP contribution in [0.1, 0.15) is 212 Å². The van der Waals surface area contributed by atoms with Crippen LogP contribution in [0.25, 0.3) is 0 Å². The van der Waals surface area contributed by atoms with E-state index in [1.54, 1.807) is 83.5 Å². The molecule has 4 heteroatoms. The number of rotatable bonds is 6. The first-order chi connectivity index (χ1) is 28.7. The largest absolute Gasteiger partial charge is 0.374 e. The van der Waals surface area contributed by atoms with Crippen molar-refractivity contribution in [2.24, 2.45) is 71.0 Å². The molecular formula is C54H87NO2S. The van der Waals surface area contributed by atoms with Gasteiger partial charge >= 0.3 is 0 Å². The number of nitrogens with zero attached hydrogens (tertiary/aromatic N) is 1. The lowest BCUT2D eigenvalue weighted by atomic mass is 9.61. The van der Waals surface area contributed by atoms with Crippen molar-refractivity contribution in [3.05, 3.63) is 0 Å². The maximum absolute atomic E-state index is 7.56. The molecule has 0 bridgehead atoms. The second kappa shape index (κ2) is 17.3. The van der Waals surface area contributed by atoms with Gasteiger partial charge in [-0.3, -0.25) is 4.90 Å². The fraction of sp³-hybridized carbons (Fsp3) is 1.00. The molecule has 3 heterocycles. The number of ether oxygens (including phenoxy) is 2. The van der Waals surface area contributed by atoms with E-state index >= 15 is 0 Å². The highest BCUT2D eigenvalue weighted by molar-refractivity contribution is 8.00. The highest BCUT2D eigenvalue weighted by Gasteiger charge is 2.60. The number of hydrogen-bond acceptors (Lipinski definition) is 4. The quantitative estimate of drug-likeness (QED) is 0.266. The summed E-state index contributed by atoms with van der Waals surface area (Å²) in [4.78, 5) is 3.40. The Balaban J connectivity index is 0.738. The van der Waals surface area contributed by atoms with Crippen LogP contribution in [0.2, 0.25) is 0 Å². The van der Waals surface area contributed by atoms with Crippen molar-refractivity contribution < 1.29 is 9.47 Å². The summed E-state index contributed by atoms with van der Waals surface area (Å²) in [7, 11) is 0. The summed E-state index contributed by atoms with van der Waals surface area (Å²) >= 11 is 2.50. The Bertz CT molecular complexity index is 1370. The van der Waals surface area contributed by atoms with Crippen LogP contribution in [0.4, 0.5) is 0 Å². The molecule has 3 nitrogen and oxygen atoms in total. The van der Waals surface area contributed by atoms with E-state index in [1.807, 2.05) is 0 Å². The lowest BCUT2D eigenvalue weighted by molar-refractivity contribution is -0.0880. The Morgan fingerprint density at radius 2 is 0.862 bits per heavy atom. The summed E-state index contributed by atoms with van der Waals surface area (Å²) in [5.74, 6) is 11.4. The number of fused-ring (bicyclic) bond motifs is 10. The van der Waals surface area contributed by atoms with Crippen molar-refractivity contribution in [2.75, 3.05) is 0 Å². The highest BCUT2D eigenvalue weighted by Crippen LogP contribution is 2.60. The molecule has 3 aliphatic heterocycles. The third-order valence-electron chi connectivity index (χ3n) is 21.9. The van der Waals surface area contributed by atoms with E-state index in [4.69, 9.17) is 9.47 Å². The minimum atomic E-state index is 0.521. The van der Waals surface area contributed by atoms with Crippen molar-refractivity contribution in [3.63, 3.8) is 0 Å². The molecule has 12 aliphatic rings. The van der Waals surface area contributed by atoms with Gasteiger partial charge in [-0.1, -0.05) is 77.0 Å². The molecule has 58 heavy (non-hydrogen) atoms. The van der Waals surface area contributed by atoms with E-state index < -0.39 is 0 Å². The van der Waals surface area contributed by atoms with Crippen LogP contribution >= 0.6 is 11.8 Å². The fourth-order valence-electron chi connectivity index (χ4n) is 19.6. The third-order valence-corrected chi connectivity index (χ3v) is 23.8. The first kappa shape index (κ1) is 39.8. The summed E-state index contributed by atoms with van der Waals surface area (Å²) < 4.78 is 14.4. The summed E-state index contributed by atoms with van der Waals surface area (Å²) in [6.07, 6.45) is 52.0. The number of hydrogen-bond donors (Lipinski definition) is 0. The van der Waals surface area contributed by atoms with Gasteiger partial charge in [0.25, 0.3) is 0 Å². The van der Waals surface area contributed by atoms with Gasteiger partial charge in [-0.2, -0.15) is 11.8 Å². The SMILES string of the molecule is C1CCC(C2CCCCC2C2CCC(N(C3CCC(C4CCCC5C6CCC7OC8CCCCC8C7C6OC45)CC3)C3CCC4SC5CCCCC5C4C3)CC2)CC1. The van der Waals surface area contributed by atoms with Gasteiger partial charge in [-0.25, -0.2) is 0 Å². The zero-order valence-corrected chi connectivity index (χ0v) is 37.9. The summed E-state index contributed by atoms with van der Waals surface area (Å²) in [6.45, 7) is 0. The van der Waals surface area contributed by atoms with Crippen LogP contribution in [0, 0.1) is 71.0 Å². The number of thioether (sulfide) groups is 1. The Labute approximate surface area is 360 Å². The van der Waals surface area contributed by atoms with Gasteiger partial charge in [0.15, 0.2) is 0 Å². The van der Waals surface area contributed by atoms with E-state index in [0.717, 1.165) is 99.6 Å². The molecular weight excluding hydrogens is 727 g/mol. The summed E-state index contributed by atoms with van der Waals surface area (Å²) in [6, 6.07) is 2.64. The van der Waals surface area contributed by atoms with E-state index in [9.17, 15) is 0 Å². The van der Waals surface area contributed by atoms with Gasteiger partial charge in [0, 0.05) is 34.5 Å². The smallest absolute Gasteiger partial charge is 0.0667 e. The molecule has 0 aromatic heterocycles. The Hall–Kier alpha value is 0.230. The molecule has 12 fully saturated rings. The monoisotopic (exact) mass is 814 g/mol. The molecule has 0 aromatic rings. The molecule has 16 atom stereocenters. The van der Waals surface area contributed by atoms with Gasteiger partial charge in [-0.15, -0.1) is 0 Å². The van der Waals surface area contributed by atoms with Gasteiger partial charge in [0.1, 0.15) is 0 Å². The molecule has 0 radical (unpaired) electrons. The predicted octanol–water partition coefficient (Wildman–Crippen LogP) is 13.8. The van der Waals surface area contributed by atoms with E-state index in [0.29, 0.717) is 24.4 Å². The Kier molecular flexibility index (Phi) is 11.9. The maximum atomic E-state index is 7.56. The van der Waals surface area contributed by atoms with Crippen LogP contribution in [0.5, 0.6) is 0 Å². The van der Waals surface area contributed by atoms with Gasteiger partial charge in [0.2, 0.25) is 0 Å². The van der Waals surface area contributed by atoms with Crippen molar-refractivity contribution in [3.8, 4) is 0 Å². The van der Waals surface area contributed by atoms with Crippen molar-refractivity contribution >= 4 is 11.8 Å². The maximum Gasteiger partial charge on any atom is 0.0667 e. The molecule has 0 spiro atoms. The normalized spacial score (nSPS) is 53.5. The van der Waals surface area contributed by atoms with Crippen LogP contribution < -0.4 is 0 Å². The van der Waals surface area contributed by atoms with E-state index in [2.05, 4.69) is 16.7 Å². The van der Waals surface area contributed by atoms with Gasteiger partial charge in [0.05, 0.1) is 24.4 Å². The molecule has 16 unspecified atom stereocenters. The topological polar surface area (TPSA) is 21.7 Å². The molecule has 12 rings (SSSR count). The van der Waals surface area contributed by atoms with Crippen molar-refractivity contribution in [2.45, 2.75) is 265 Å². The highest BCUT2D eigenvalue weighted by atomic mass is 32.2. The average Bonchev–Trinajstić information content (AvgIpc) is 3.98. The van der Waals surface area contributed by atoms with Gasteiger partial charge in [-0.05, 0) is 200 Å². The lowest BCUT2D eigenvalue weighted by Crippen LogP contribution is -2.55. The minimum Gasteiger partial charge on any atom is -0.374 e. The van der Waals surface area contributed by atoms with Crippen LogP contribution in [0.15, 0.2) is 0 Å². The standard InChI is InChI=1S/C54H87NO2S/c1-2-11-34(12-3-1)40-13-4-5-14-41(40)35-21-25-37(26-22-35)55(39-29-32-51-47(33-39)43-15-7-9-20-50(43)58-51)38-27-23-36(24-28-38)42-17-10-18-44-45-30-31-49-52(54(45)57-53(42)44)46-16-6-8-19-48(46)56-49/h34-54H,1-33H2. The van der Waals surface area contributed by atoms with Crippen LogP contribution in [-0.4, -0.2) is 57.9 Å². The Morgan fingerprint density at radius 3 is 1.62 bits per heavy atom. The zero-order chi connectivity index (χ0) is 38.2. The molecule has 326 valence electrons. The Morgan fingerprint density at radius 1 is 0.310 bits per heavy atom. The molecule has 9 aliphatic carbocycles. The van der Waals surface area contributed by atoms with Gasteiger partial charge < -0.3 is 9.47 Å². The third kappa shape index (κ3) is 7.31. The summed E-state index contributed by atoms with van der Waals surface area (Å²) in [5.41, 5.74) is 0. The van der Waals surface area contributed by atoms with Crippen LogP contribution in [-0.2, 0) is 9.47 Å². The van der Waals surface area contributed by atoms with E-state index in [-0.39, 0.29) is 0 Å². The average molecular weight is 814 g/mol. The molecule has 0 N–H and O–H groups in total. The van der Waals surface area contributed by atoms with Crippen LogP contribution in [0.3, 0.4) is 0 Å². The first-order valence-electron chi connectivity index (χ1n) is 27.5. The molecule has 3 saturated heterocycles. The lowest BCUT2D eigenvalue weighted by Gasteiger charge is -2.52. The predicted molar refractivity (Wildman–Crippen MR) is 240 cm³/mol. The molecule has 0 aromatic carbocycles. The fourth-order valence-corrected chi connectivity index (χ4v) is 21.7. The zero-order valence-electron chi connectivity index (χ0n) is 37.1. The second-order valence-corrected chi connectivity index (χ2v) is 25.7. The summed E-state index contributed by atoms with van der Waals surface area (Å²) in [5, 5.41) is 2.02.